The van der Waals surface area contributed by atoms with E-state index in [-0.39, 0.29) is 30.1 Å². The van der Waals surface area contributed by atoms with Crippen LogP contribution in [0.2, 0.25) is 0 Å². The van der Waals surface area contributed by atoms with E-state index in [1.807, 2.05) is 50.2 Å². The van der Waals surface area contributed by atoms with E-state index in [2.05, 4.69) is 29.5 Å². The molecule has 1 aromatic heterocycles. The molecule has 29 heavy (non-hydrogen) atoms. The molecule has 0 bridgehead atoms. The number of aliphatic hydroxyl groups excluding tert-OH is 1. The van der Waals surface area contributed by atoms with Gasteiger partial charge in [-0.1, -0.05) is 26.0 Å². The van der Waals surface area contributed by atoms with E-state index in [4.69, 9.17) is 9.15 Å². The zero-order valence-electron chi connectivity index (χ0n) is 17.7. The van der Waals surface area contributed by atoms with Crippen molar-refractivity contribution in [3.05, 3.63) is 54.0 Å². The largest absolute Gasteiger partial charge is 0.491 e. The van der Waals surface area contributed by atoms with E-state index in [1.54, 1.807) is 6.26 Å². The summed E-state index contributed by atoms with van der Waals surface area (Å²) in [5.74, 6) is 2.84. The van der Waals surface area contributed by atoms with Crippen molar-refractivity contribution in [1.29, 1.82) is 0 Å². The molecule has 0 saturated carbocycles. The lowest BCUT2D eigenvalue weighted by Crippen LogP contribution is -2.40. The Kier molecular flexibility index (Phi) is 11.8. The average Bonchev–Trinajstić information content (AvgIpc) is 3.16. The van der Waals surface area contributed by atoms with Crippen molar-refractivity contribution in [3.8, 4) is 5.75 Å². The summed E-state index contributed by atoms with van der Waals surface area (Å²) >= 11 is 0. The fraction of sp³-hybridized carbons (Fsp3) is 0.500. The minimum atomic E-state index is -0.660. The van der Waals surface area contributed by atoms with Gasteiger partial charge in [0, 0.05) is 26.1 Å². The number of aliphatic hydroxyl groups is 1. The minimum Gasteiger partial charge on any atom is -0.491 e. The third kappa shape index (κ3) is 10.0. The van der Waals surface area contributed by atoms with E-state index in [9.17, 15) is 5.11 Å². The standard InChI is InChI=1S/C22H33N3O3.HI/c1-16(2)14-24-22(23-11-10-19-9-6-12-27-19)25-15-21(26)18-7-5-8-20(13-18)28-17(3)4;/h5-9,12-13,16-17,21,26H,10-11,14-15H2,1-4H3,(H2,23,24,25);1H. The van der Waals surface area contributed by atoms with Gasteiger partial charge < -0.3 is 24.9 Å². The molecule has 0 aliphatic carbocycles. The van der Waals surface area contributed by atoms with Crippen LogP contribution >= 0.6 is 24.0 Å². The summed E-state index contributed by atoms with van der Waals surface area (Å²) in [5, 5.41) is 17.1. The lowest BCUT2D eigenvalue weighted by atomic mass is 10.1. The monoisotopic (exact) mass is 515 g/mol. The first-order chi connectivity index (χ1) is 13.4. The van der Waals surface area contributed by atoms with E-state index in [0.29, 0.717) is 31.5 Å². The number of benzene rings is 1. The van der Waals surface area contributed by atoms with Gasteiger partial charge in [-0.2, -0.15) is 0 Å². The van der Waals surface area contributed by atoms with Crippen molar-refractivity contribution in [3.63, 3.8) is 0 Å². The summed E-state index contributed by atoms with van der Waals surface area (Å²) in [6, 6.07) is 11.4. The molecule has 2 aromatic rings. The van der Waals surface area contributed by atoms with Gasteiger partial charge in [-0.3, -0.25) is 4.99 Å². The molecular weight excluding hydrogens is 481 g/mol. The van der Waals surface area contributed by atoms with Crippen molar-refractivity contribution >= 4 is 29.9 Å². The molecule has 0 spiro atoms. The summed E-state index contributed by atoms with van der Waals surface area (Å²) in [7, 11) is 0. The number of hydrogen-bond acceptors (Lipinski definition) is 4. The Balaban J connectivity index is 0.00000420. The van der Waals surface area contributed by atoms with Gasteiger partial charge in [0.2, 0.25) is 0 Å². The third-order valence-corrected chi connectivity index (χ3v) is 3.94. The van der Waals surface area contributed by atoms with E-state index < -0.39 is 6.10 Å². The van der Waals surface area contributed by atoms with Gasteiger partial charge in [0.15, 0.2) is 5.96 Å². The summed E-state index contributed by atoms with van der Waals surface area (Å²) < 4.78 is 11.1. The normalized spacial score (nSPS) is 12.6. The number of ether oxygens (including phenoxy) is 1. The zero-order valence-corrected chi connectivity index (χ0v) is 20.1. The molecule has 0 saturated heterocycles. The smallest absolute Gasteiger partial charge is 0.191 e. The van der Waals surface area contributed by atoms with Crippen molar-refractivity contribution < 1.29 is 14.3 Å². The van der Waals surface area contributed by atoms with Crippen molar-refractivity contribution in [1.82, 2.24) is 10.6 Å². The number of aliphatic imine (C=N–C) groups is 1. The van der Waals surface area contributed by atoms with Gasteiger partial charge in [-0.25, -0.2) is 0 Å². The fourth-order valence-corrected chi connectivity index (χ4v) is 2.59. The Hall–Kier alpha value is -1.74. The summed E-state index contributed by atoms with van der Waals surface area (Å²) in [5.41, 5.74) is 0.810. The first-order valence-corrected chi connectivity index (χ1v) is 9.93. The molecule has 1 unspecified atom stereocenters. The van der Waals surface area contributed by atoms with Crippen LogP contribution in [0.4, 0.5) is 0 Å². The molecule has 0 aliphatic heterocycles. The molecule has 7 heteroatoms. The van der Waals surface area contributed by atoms with E-state index in [0.717, 1.165) is 23.5 Å². The number of hydrogen-bond donors (Lipinski definition) is 3. The topological polar surface area (TPSA) is 79.0 Å². The maximum absolute atomic E-state index is 10.6. The number of nitrogens with one attached hydrogen (secondary N) is 2. The first-order valence-electron chi connectivity index (χ1n) is 9.93. The lowest BCUT2D eigenvalue weighted by Gasteiger charge is -2.17. The highest BCUT2D eigenvalue weighted by molar-refractivity contribution is 14.0. The Morgan fingerprint density at radius 3 is 2.59 bits per heavy atom. The van der Waals surface area contributed by atoms with Gasteiger partial charge >= 0.3 is 0 Å². The summed E-state index contributed by atoms with van der Waals surface area (Å²) in [6.45, 7) is 9.98. The molecule has 2 rings (SSSR count). The van der Waals surface area contributed by atoms with Crippen LogP contribution in [-0.4, -0.2) is 36.8 Å². The van der Waals surface area contributed by atoms with Crippen LogP contribution in [0.5, 0.6) is 5.75 Å². The molecule has 1 aromatic carbocycles. The number of furan rings is 1. The molecular formula is C22H34IN3O3. The number of guanidine groups is 1. The van der Waals surface area contributed by atoms with Gasteiger partial charge in [-0.05, 0) is 49.6 Å². The number of nitrogens with zero attached hydrogens (tertiary/aromatic N) is 1. The van der Waals surface area contributed by atoms with Gasteiger partial charge in [0.05, 0.1) is 18.5 Å². The SMILES string of the molecule is CC(C)CN=C(NCCc1ccco1)NCC(O)c1cccc(OC(C)C)c1.I. The van der Waals surface area contributed by atoms with Crippen LogP contribution in [0.3, 0.4) is 0 Å². The molecule has 3 N–H and O–H groups in total. The Morgan fingerprint density at radius 2 is 1.93 bits per heavy atom. The molecule has 0 radical (unpaired) electrons. The van der Waals surface area contributed by atoms with Crippen LogP contribution in [0.25, 0.3) is 0 Å². The van der Waals surface area contributed by atoms with Crippen molar-refractivity contribution in [2.75, 3.05) is 19.6 Å². The van der Waals surface area contributed by atoms with Gasteiger partial charge in [-0.15, -0.1) is 24.0 Å². The average molecular weight is 515 g/mol. The lowest BCUT2D eigenvalue weighted by molar-refractivity contribution is 0.179. The van der Waals surface area contributed by atoms with Crippen molar-refractivity contribution in [2.24, 2.45) is 10.9 Å². The molecule has 0 fully saturated rings. The highest BCUT2D eigenvalue weighted by Gasteiger charge is 2.11. The highest BCUT2D eigenvalue weighted by Crippen LogP contribution is 2.19. The molecule has 6 nitrogen and oxygen atoms in total. The summed E-state index contributed by atoms with van der Waals surface area (Å²) in [4.78, 5) is 4.59. The second kappa shape index (κ2) is 13.5. The maximum atomic E-state index is 10.6. The minimum absolute atomic E-state index is 0. The maximum Gasteiger partial charge on any atom is 0.191 e. The van der Waals surface area contributed by atoms with E-state index in [1.165, 1.54) is 0 Å². The Morgan fingerprint density at radius 1 is 1.14 bits per heavy atom. The van der Waals surface area contributed by atoms with Crippen LogP contribution < -0.4 is 15.4 Å². The molecule has 162 valence electrons. The predicted molar refractivity (Wildman–Crippen MR) is 128 cm³/mol. The second-order valence-electron chi connectivity index (χ2n) is 7.48. The zero-order chi connectivity index (χ0) is 20.4. The van der Waals surface area contributed by atoms with Crippen LogP contribution in [0, 0.1) is 5.92 Å². The Labute approximate surface area is 191 Å². The van der Waals surface area contributed by atoms with Gasteiger partial charge in [0.25, 0.3) is 0 Å². The fourth-order valence-electron chi connectivity index (χ4n) is 2.59. The third-order valence-electron chi connectivity index (χ3n) is 3.94. The quantitative estimate of drug-likeness (QED) is 0.252. The van der Waals surface area contributed by atoms with E-state index >= 15 is 0 Å². The molecule has 0 aliphatic rings. The van der Waals surface area contributed by atoms with Gasteiger partial charge in [0.1, 0.15) is 11.5 Å². The molecule has 1 atom stereocenters. The highest BCUT2D eigenvalue weighted by atomic mass is 127. The number of rotatable bonds is 10. The van der Waals surface area contributed by atoms with Crippen LogP contribution in [0.1, 0.15) is 45.1 Å². The Bertz CT molecular complexity index is 718. The predicted octanol–water partition coefficient (Wildman–Crippen LogP) is 4.15. The van der Waals surface area contributed by atoms with Crippen LogP contribution in [0.15, 0.2) is 52.1 Å². The van der Waals surface area contributed by atoms with Crippen molar-refractivity contribution in [2.45, 2.75) is 46.3 Å². The van der Waals surface area contributed by atoms with Crippen LogP contribution in [-0.2, 0) is 6.42 Å². The first kappa shape index (κ1) is 25.3. The second-order valence-corrected chi connectivity index (χ2v) is 7.48. The number of halogens is 1. The summed E-state index contributed by atoms with van der Waals surface area (Å²) in [6.07, 6.45) is 1.88. The molecule has 0 amide bonds. The molecule has 1 heterocycles.